The zero-order chi connectivity index (χ0) is 11.5. The second-order valence-corrected chi connectivity index (χ2v) is 4.44. The molecule has 0 bridgehead atoms. The molecule has 0 atom stereocenters. The van der Waals surface area contributed by atoms with Crippen LogP contribution in [-0.4, -0.2) is 9.13 Å². The Kier molecular flexibility index (Phi) is 3.44. The number of para-hydroxylation sites is 2. The summed E-state index contributed by atoms with van der Waals surface area (Å²) in [6.45, 7) is 6.40. The molecular formula is C13H18N2S. The standard InChI is InChI=1S/C13H18N2S/c1-3-9-14-11-7-5-6-8-12(11)15(10-4-2)13(14)16/h5-8H,3-4,9-10H2,1-2H3. The predicted molar refractivity (Wildman–Crippen MR) is 71.3 cm³/mol. The molecule has 0 saturated heterocycles. The molecule has 0 N–H and O–H groups in total. The van der Waals surface area contributed by atoms with Crippen molar-refractivity contribution in [3.63, 3.8) is 0 Å². The Hall–Kier alpha value is -1.09. The largest absolute Gasteiger partial charge is 0.317 e. The molecule has 2 aromatic rings. The van der Waals surface area contributed by atoms with Crippen LogP contribution < -0.4 is 0 Å². The number of hydrogen-bond donors (Lipinski definition) is 0. The van der Waals surface area contributed by atoms with Gasteiger partial charge in [-0.2, -0.15) is 0 Å². The minimum absolute atomic E-state index is 0.963. The highest BCUT2D eigenvalue weighted by molar-refractivity contribution is 7.71. The maximum absolute atomic E-state index is 5.55. The Morgan fingerprint density at radius 1 is 0.938 bits per heavy atom. The lowest BCUT2D eigenvalue weighted by Crippen LogP contribution is -2.00. The lowest BCUT2D eigenvalue weighted by atomic mass is 10.3. The first-order valence-electron chi connectivity index (χ1n) is 5.97. The maximum Gasteiger partial charge on any atom is 0.180 e. The highest BCUT2D eigenvalue weighted by Gasteiger charge is 2.08. The third-order valence-corrected chi connectivity index (χ3v) is 3.26. The smallest absolute Gasteiger partial charge is 0.180 e. The van der Waals surface area contributed by atoms with E-state index in [4.69, 9.17) is 12.2 Å². The molecule has 86 valence electrons. The maximum atomic E-state index is 5.55. The summed E-state index contributed by atoms with van der Waals surface area (Å²) < 4.78 is 5.46. The van der Waals surface area contributed by atoms with Gasteiger partial charge in [-0.3, -0.25) is 0 Å². The van der Waals surface area contributed by atoms with Crippen molar-refractivity contribution in [1.29, 1.82) is 0 Å². The Morgan fingerprint density at radius 2 is 1.38 bits per heavy atom. The number of benzene rings is 1. The van der Waals surface area contributed by atoms with Crippen molar-refractivity contribution in [2.75, 3.05) is 0 Å². The minimum atomic E-state index is 0.963. The van der Waals surface area contributed by atoms with Gasteiger partial charge in [-0.25, -0.2) is 0 Å². The van der Waals surface area contributed by atoms with Crippen LogP contribution in [0.3, 0.4) is 0 Å². The summed E-state index contributed by atoms with van der Waals surface area (Å²) in [5.74, 6) is 0. The molecule has 0 aliphatic carbocycles. The van der Waals surface area contributed by atoms with Crippen LogP contribution in [0.2, 0.25) is 0 Å². The Labute approximate surface area is 102 Å². The molecule has 2 rings (SSSR count). The predicted octanol–water partition coefficient (Wildman–Crippen LogP) is 3.99. The molecule has 0 aliphatic heterocycles. The lowest BCUT2D eigenvalue weighted by Gasteiger charge is -2.01. The number of aryl methyl sites for hydroxylation is 2. The van der Waals surface area contributed by atoms with E-state index in [1.807, 2.05) is 0 Å². The van der Waals surface area contributed by atoms with Gasteiger partial charge < -0.3 is 9.13 Å². The highest BCUT2D eigenvalue weighted by Crippen LogP contribution is 2.18. The fourth-order valence-electron chi connectivity index (χ4n) is 2.15. The number of rotatable bonds is 4. The van der Waals surface area contributed by atoms with Crippen molar-refractivity contribution < 1.29 is 0 Å². The first-order chi connectivity index (χ1) is 7.79. The van der Waals surface area contributed by atoms with Gasteiger partial charge in [0.15, 0.2) is 4.77 Å². The second kappa shape index (κ2) is 4.83. The van der Waals surface area contributed by atoms with Crippen LogP contribution in [0.1, 0.15) is 26.7 Å². The molecule has 2 nitrogen and oxygen atoms in total. The number of nitrogens with zero attached hydrogens (tertiary/aromatic N) is 2. The van der Waals surface area contributed by atoms with E-state index in [1.165, 1.54) is 11.0 Å². The molecule has 3 heteroatoms. The summed E-state index contributed by atoms with van der Waals surface area (Å²) in [5, 5.41) is 0. The van der Waals surface area contributed by atoms with Crippen molar-refractivity contribution in [3.05, 3.63) is 29.0 Å². The third kappa shape index (κ3) is 1.80. The molecule has 16 heavy (non-hydrogen) atoms. The number of fused-ring (bicyclic) bond motifs is 1. The van der Waals surface area contributed by atoms with Crippen LogP contribution in [0.5, 0.6) is 0 Å². The van der Waals surface area contributed by atoms with E-state index in [0.29, 0.717) is 0 Å². The minimum Gasteiger partial charge on any atom is -0.317 e. The van der Waals surface area contributed by atoms with E-state index in [0.717, 1.165) is 30.7 Å². The van der Waals surface area contributed by atoms with Gasteiger partial charge in [0, 0.05) is 13.1 Å². The number of imidazole rings is 1. The molecule has 1 aromatic heterocycles. The van der Waals surface area contributed by atoms with E-state index >= 15 is 0 Å². The first-order valence-corrected chi connectivity index (χ1v) is 6.38. The van der Waals surface area contributed by atoms with Crippen LogP contribution in [0.4, 0.5) is 0 Å². The molecule has 0 unspecified atom stereocenters. The molecule has 0 fully saturated rings. The summed E-state index contributed by atoms with van der Waals surface area (Å²) >= 11 is 5.55. The van der Waals surface area contributed by atoms with Crippen LogP contribution in [-0.2, 0) is 13.1 Å². The van der Waals surface area contributed by atoms with Crippen molar-refractivity contribution in [2.45, 2.75) is 39.8 Å². The molecule has 1 aromatic carbocycles. The SMILES string of the molecule is CCCn1c(=S)n(CCC)c2ccccc21. The van der Waals surface area contributed by atoms with Gasteiger partial charge in [-0.05, 0) is 37.2 Å². The molecule has 0 aliphatic rings. The van der Waals surface area contributed by atoms with Crippen molar-refractivity contribution >= 4 is 23.3 Å². The first kappa shape index (κ1) is 11.4. The van der Waals surface area contributed by atoms with Gasteiger partial charge in [0.2, 0.25) is 0 Å². The Morgan fingerprint density at radius 3 is 1.75 bits per heavy atom. The van der Waals surface area contributed by atoms with E-state index in [-0.39, 0.29) is 0 Å². The van der Waals surface area contributed by atoms with E-state index in [1.54, 1.807) is 0 Å². The lowest BCUT2D eigenvalue weighted by molar-refractivity contribution is 0.628. The van der Waals surface area contributed by atoms with Crippen LogP contribution >= 0.6 is 12.2 Å². The molecule has 0 spiro atoms. The summed E-state index contributed by atoms with van der Waals surface area (Å²) in [5.41, 5.74) is 2.53. The Balaban J connectivity index is 2.70. The normalized spacial score (nSPS) is 11.1. The quantitative estimate of drug-likeness (QED) is 0.727. The molecule has 1 heterocycles. The van der Waals surface area contributed by atoms with Crippen molar-refractivity contribution in [1.82, 2.24) is 9.13 Å². The average Bonchev–Trinajstić information content (AvgIpc) is 2.56. The highest BCUT2D eigenvalue weighted by atomic mass is 32.1. The zero-order valence-electron chi connectivity index (χ0n) is 9.94. The summed E-state index contributed by atoms with van der Waals surface area (Å²) in [4.78, 5) is 0. The van der Waals surface area contributed by atoms with E-state index in [2.05, 4.69) is 47.2 Å². The second-order valence-electron chi connectivity index (χ2n) is 4.07. The zero-order valence-corrected chi connectivity index (χ0v) is 10.8. The topological polar surface area (TPSA) is 9.86 Å². The van der Waals surface area contributed by atoms with Crippen LogP contribution in [0.15, 0.2) is 24.3 Å². The van der Waals surface area contributed by atoms with Gasteiger partial charge in [-0.1, -0.05) is 26.0 Å². The van der Waals surface area contributed by atoms with Crippen molar-refractivity contribution in [3.8, 4) is 0 Å². The Bertz CT molecular complexity index is 490. The summed E-state index contributed by atoms with van der Waals surface area (Å²) in [6, 6.07) is 8.49. The van der Waals surface area contributed by atoms with Gasteiger partial charge in [0.05, 0.1) is 11.0 Å². The molecule has 0 amide bonds. The average molecular weight is 234 g/mol. The van der Waals surface area contributed by atoms with Gasteiger partial charge in [0.1, 0.15) is 0 Å². The third-order valence-electron chi connectivity index (χ3n) is 2.82. The van der Waals surface area contributed by atoms with E-state index < -0.39 is 0 Å². The van der Waals surface area contributed by atoms with E-state index in [9.17, 15) is 0 Å². The van der Waals surface area contributed by atoms with Crippen LogP contribution in [0.25, 0.3) is 11.0 Å². The van der Waals surface area contributed by atoms with Gasteiger partial charge in [-0.15, -0.1) is 0 Å². The van der Waals surface area contributed by atoms with Gasteiger partial charge in [0.25, 0.3) is 0 Å². The number of aromatic nitrogens is 2. The summed E-state index contributed by atoms with van der Waals surface area (Å²) in [7, 11) is 0. The van der Waals surface area contributed by atoms with Crippen LogP contribution in [0, 0.1) is 4.77 Å². The number of hydrogen-bond acceptors (Lipinski definition) is 1. The fraction of sp³-hybridized carbons (Fsp3) is 0.462. The fourth-order valence-corrected chi connectivity index (χ4v) is 2.53. The monoisotopic (exact) mass is 234 g/mol. The van der Waals surface area contributed by atoms with Crippen molar-refractivity contribution in [2.24, 2.45) is 0 Å². The molecule has 0 radical (unpaired) electrons. The summed E-state index contributed by atoms with van der Waals surface area (Å²) in [6.07, 6.45) is 2.24. The van der Waals surface area contributed by atoms with Gasteiger partial charge >= 0.3 is 0 Å². The molecular weight excluding hydrogens is 216 g/mol. The molecule has 0 saturated carbocycles.